The SMILES string of the molecule is Cc1ccc(S(=O)(=O)N(C)c2ccc(C(=O)OCC(=O)Nc3ccc4c(c3)OCO4)cc2)cc1. The van der Waals surface area contributed by atoms with Crippen LogP contribution in [-0.2, 0) is 19.6 Å². The Morgan fingerprint density at radius 1 is 0.971 bits per heavy atom. The number of hydrogen-bond acceptors (Lipinski definition) is 7. The lowest BCUT2D eigenvalue weighted by Crippen LogP contribution is -2.26. The minimum absolute atomic E-state index is 0.122. The maximum Gasteiger partial charge on any atom is 0.338 e. The summed E-state index contributed by atoms with van der Waals surface area (Å²) in [6, 6.07) is 17.3. The molecule has 0 aromatic heterocycles. The molecule has 0 spiro atoms. The molecule has 1 heterocycles. The summed E-state index contributed by atoms with van der Waals surface area (Å²) in [6.45, 7) is 1.51. The van der Waals surface area contributed by atoms with Crippen LogP contribution < -0.4 is 19.1 Å². The van der Waals surface area contributed by atoms with Crippen molar-refractivity contribution < 1.29 is 32.2 Å². The predicted octanol–water partition coefficient (Wildman–Crippen LogP) is 3.34. The molecule has 0 radical (unpaired) electrons. The Bertz CT molecular complexity index is 1320. The van der Waals surface area contributed by atoms with E-state index in [1.165, 1.54) is 31.3 Å². The van der Waals surface area contributed by atoms with Crippen LogP contribution in [0.3, 0.4) is 0 Å². The first kappa shape index (κ1) is 23.1. The van der Waals surface area contributed by atoms with E-state index in [0.29, 0.717) is 22.9 Å². The fourth-order valence-electron chi connectivity index (χ4n) is 3.20. The normalized spacial score (nSPS) is 12.2. The molecule has 1 amide bonds. The van der Waals surface area contributed by atoms with E-state index in [-0.39, 0.29) is 17.3 Å². The van der Waals surface area contributed by atoms with Gasteiger partial charge in [-0.3, -0.25) is 9.10 Å². The lowest BCUT2D eigenvalue weighted by Gasteiger charge is -2.19. The third-order valence-electron chi connectivity index (χ3n) is 5.14. The molecule has 0 bridgehead atoms. The molecule has 0 saturated heterocycles. The second-order valence-corrected chi connectivity index (χ2v) is 9.49. The van der Waals surface area contributed by atoms with E-state index in [9.17, 15) is 18.0 Å². The third kappa shape index (κ3) is 4.96. The number of carbonyl (C=O) groups excluding carboxylic acids is 2. The number of aryl methyl sites for hydroxylation is 1. The van der Waals surface area contributed by atoms with Crippen LogP contribution in [0.2, 0.25) is 0 Å². The minimum atomic E-state index is -3.75. The van der Waals surface area contributed by atoms with E-state index in [0.717, 1.165) is 9.87 Å². The smallest absolute Gasteiger partial charge is 0.338 e. The highest BCUT2D eigenvalue weighted by Gasteiger charge is 2.21. The van der Waals surface area contributed by atoms with Gasteiger partial charge in [0.05, 0.1) is 16.1 Å². The molecule has 10 heteroatoms. The lowest BCUT2D eigenvalue weighted by molar-refractivity contribution is -0.119. The molecule has 4 rings (SSSR count). The van der Waals surface area contributed by atoms with Gasteiger partial charge in [0, 0.05) is 18.8 Å². The molecule has 176 valence electrons. The van der Waals surface area contributed by atoms with Crippen LogP contribution >= 0.6 is 0 Å². The Balaban J connectivity index is 1.34. The third-order valence-corrected chi connectivity index (χ3v) is 6.94. The van der Waals surface area contributed by atoms with Gasteiger partial charge in [-0.2, -0.15) is 0 Å². The molecule has 0 fully saturated rings. The van der Waals surface area contributed by atoms with Crippen LogP contribution in [0.4, 0.5) is 11.4 Å². The molecule has 3 aromatic rings. The first-order valence-corrected chi connectivity index (χ1v) is 11.7. The fourth-order valence-corrected chi connectivity index (χ4v) is 4.40. The van der Waals surface area contributed by atoms with E-state index in [1.54, 1.807) is 42.5 Å². The van der Waals surface area contributed by atoms with Gasteiger partial charge >= 0.3 is 5.97 Å². The first-order chi connectivity index (χ1) is 16.2. The molecule has 0 aliphatic carbocycles. The van der Waals surface area contributed by atoms with Crippen molar-refractivity contribution in [3.8, 4) is 11.5 Å². The number of anilines is 2. The Labute approximate surface area is 196 Å². The molecule has 0 unspecified atom stereocenters. The van der Waals surface area contributed by atoms with Gasteiger partial charge < -0.3 is 19.5 Å². The summed E-state index contributed by atoms with van der Waals surface area (Å²) in [7, 11) is -2.32. The molecular weight excluding hydrogens is 460 g/mol. The highest BCUT2D eigenvalue weighted by Crippen LogP contribution is 2.34. The summed E-state index contributed by atoms with van der Waals surface area (Å²) in [5.74, 6) is -0.126. The zero-order valence-electron chi connectivity index (χ0n) is 18.5. The predicted molar refractivity (Wildman–Crippen MR) is 125 cm³/mol. The van der Waals surface area contributed by atoms with Crippen molar-refractivity contribution in [2.24, 2.45) is 0 Å². The van der Waals surface area contributed by atoms with Crippen molar-refractivity contribution in [2.75, 3.05) is 30.1 Å². The zero-order chi connectivity index (χ0) is 24.3. The van der Waals surface area contributed by atoms with Crippen LogP contribution in [0.1, 0.15) is 15.9 Å². The number of benzene rings is 3. The number of nitrogens with zero attached hydrogens (tertiary/aromatic N) is 1. The Hall–Kier alpha value is -4.05. The van der Waals surface area contributed by atoms with Gasteiger partial charge in [0.15, 0.2) is 18.1 Å². The quantitative estimate of drug-likeness (QED) is 0.514. The van der Waals surface area contributed by atoms with Gasteiger partial charge in [0.1, 0.15) is 0 Å². The minimum Gasteiger partial charge on any atom is -0.454 e. The number of rotatable bonds is 7. The van der Waals surface area contributed by atoms with Crippen molar-refractivity contribution in [2.45, 2.75) is 11.8 Å². The number of nitrogens with one attached hydrogen (secondary N) is 1. The lowest BCUT2D eigenvalue weighted by atomic mass is 10.2. The number of ether oxygens (including phenoxy) is 3. The summed E-state index contributed by atoms with van der Waals surface area (Å²) in [6.07, 6.45) is 0. The first-order valence-electron chi connectivity index (χ1n) is 10.3. The second kappa shape index (κ2) is 9.44. The standard InChI is InChI=1S/C24H22N2O7S/c1-16-3-10-20(11-4-16)34(29,30)26(2)19-8-5-17(6-9-19)24(28)31-14-23(27)25-18-7-12-21-22(13-18)33-15-32-21/h3-13H,14-15H2,1-2H3,(H,25,27). The molecule has 1 aliphatic rings. The van der Waals surface area contributed by atoms with Crippen LogP contribution in [0, 0.1) is 6.92 Å². The van der Waals surface area contributed by atoms with Gasteiger partial charge in [0.2, 0.25) is 6.79 Å². The van der Waals surface area contributed by atoms with Gasteiger partial charge in [-0.15, -0.1) is 0 Å². The fraction of sp³-hybridized carbons (Fsp3) is 0.167. The largest absolute Gasteiger partial charge is 0.454 e. The van der Waals surface area contributed by atoms with Gasteiger partial charge in [-0.1, -0.05) is 17.7 Å². The van der Waals surface area contributed by atoms with Crippen LogP contribution in [0.15, 0.2) is 71.6 Å². The number of hydrogen-bond donors (Lipinski definition) is 1. The van der Waals surface area contributed by atoms with Crippen molar-refractivity contribution in [1.29, 1.82) is 0 Å². The van der Waals surface area contributed by atoms with E-state index in [4.69, 9.17) is 14.2 Å². The van der Waals surface area contributed by atoms with E-state index >= 15 is 0 Å². The number of amides is 1. The number of fused-ring (bicyclic) bond motifs is 1. The number of sulfonamides is 1. The molecule has 34 heavy (non-hydrogen) atoms. The summed E-state index contributed by atoms with van der Waals surface area (Å²) >= 11 is 0. The Kier molecular flexibility index (Phi) is 6.42. The van der Waals surface area contributed by atoms with Gasteiger partial charge in [0.25, 0.3) is 15.9 Å². The number of carbonyl (C=O) groups is 2. The highest BCUT2D eigenvalue weighted by atomic mass is 32.2. The van der Waals surface area contributed by atoms with Crippen molar-refractivity contribution in [3.63, 3.8) is 0 Å². The van der Waals surface area contributed by atoms with Crippen LogP contribution in [0.5, 0.6) is 11.5 Å². The van der Waals surface area contributed by atoms with Gasteiger partial charge in [-0.25, -0.2) is 13.2 Å². The number of esters is 1. The second-order valence-electron chi connectivity index (χ2n) is 7.52. The van der Waals surface area contributed by atoms with Crippen molar-refractivity contribution >= 4 is 33.3 Å². The summed E-state index contributed by atoms with van der Waals surface area (Å²) in [4.78, 5) is 24.6. The summed E-state index contributed by atoms with van der Waals surface area (Å²) in [5, 5.41) is 2.61. The average Bonchev–Trinajstić information content (AvgIpc) is 3.30. The molecule has 1 N–H and O–H groups in total. The molecule has 1 aliphatic heterocycles. The molecule has 0 saturated carbocycles. The summed E-state index contributed by atoms with van der Waals surface area (Å²) in [5.41, 5.74) is 1.99. The van der Waals surface area contributed by atoms with E-state index in [1.807, 2.05) is 6.92 Å². The Morgan fingerprint density at radius 2 is 1.65 bits per heavy atom. The summed E-state index contributed by atoms with van der Waals surface area (Å²) < 4.78 is 42.3. The average molecular weight is 483 g/mol. The maximum absolute atomic E-state index is 12.8. The van der Waals surface area contributed by atoms with E-state index < -0.39 is 28.5 Å². The topological polar surface area (TPSA) is 111 Å². The molecule has 9 nitrogen and oxygen atoms in total. The van der Waals surface area contributed by atoms with Crippen LogP contribution in [-0.4, -0.2) is 40.7 Å². The maximum atomic E-state index is 12.8. The Morgan fingerprint density at radius 3 is 2.35 bits per heavy atom. The highest BCUT2D eigenvalue weighted by molar-refractivity contribution is 7.92. The van der Waals surface area contributed by atoms with Crippen molar-refractivity contribution in [3.05, 3.63) is 77.9 Å². The monoisotopic (exact) mass is 482 g/mol. The zero-order valence-corrected chi connectivity index (χ0v) is 19.3. The van der Waals surface area contributed by atoms with E-state index in [2.05, 4.69) is 5.32 Å². The molecule has 3 aromatic carbocycles. The van der Waals surface area contributed by atoms with Crippen LogP contribution in [0.25, 0.3) is 0 Å². The van der Waals surface area contributed by atoms with Crippen molar-refractivity contribution in [1.82, 2.24) is 0 Å². The molecular formula is C24H22N2O7S. The molecule has 0 atom stereocenters. The van der Waals surface area contributed by atoms with Gasteiger partial charge in [-0.05, 0) is 55.5 Å².